The number of hydrogen-bond donors (Lipinski definition) is 0. The van der Waals surface area contributed by atoms with Crippen LogP contribution in [0.5, 0.6) is 0 Å². The van der Waals surface area contributed by atoms with Gasteiger partial charge in [0.2, 0.25) is 0 Å². The smallest absolute Gasteiger partial charge is 0.157 e. The predicted octanol–water partition coefficient (Wildman–Crippen LogP) is 0.214. The molecule has 2 radical (unpaired) electrons. The molecule has 82 valence electrons. The molecule has 15 heavy (non-hydrogen) atoms. The van der Waals surface area contributed by atoms with Crippen LogP contribution in [0.1, 0.15) is 6.42 Å². The molecule has 2 aliphatic rings. The minimum Gasteiger partial charge on any atom is -0.493 e. The van der Waals surface area contributed by atoms with Crippen molar-refractivity contribution in [3.63, 3.8) is 0 Å². The van der Waals surface area contributed by atoms with Crippen molar-refractivity contribution >= 4 is 7.85 Å². The van der Waals surface area contributed by atoms with Gasteiger partial charge in [-0.25, -0.2) is 0 Å². The molecule has 0 amide bonds. The summed E-state index contributed by atoms with van der Waals surface area (Å²) in [5, 5.41) is 0. The van der Waals surface area contributed by atoms with E-state index >= 15 is 0 Å². The molecule has 0 saturated carbocycles. The number of methoxy groups -OCH3 is 1. The molecule has 2 rings (SSSR count). The Morgan fingerprint density at radius 1 is 1.67 bits per heavy atom. The normalized spacial score (nSPS) is 43.9. The van der Waals surface area contributed by atoms with Crippen LogP contribution < -0.4 is 0 Å². The molecule has 4 unspecified atom stereocenters. The summed E-state index contributed by atoms with van der Waals surface area (Å²) in [5.74, 6) is 0. The van der Waals surface area contributed by atoms with Crippen molar-refractivity contribution in [1.29, 1.82) is 0 Å². The fourth-order valence-electron chi connectivity index (χ4n) is 2.37. The predicted molar refractivity (Wildman–Crippen MR) is 54.7 cm³/mol. The molecule has 2 fully saturated rings. The Labute approximate surface area is 90.9 Å². The van der Waals surface area contributed by atoms with Gasteiger partial charge in [-0.05, 0) is 0 Å². The Morgan fingerprint density at radius 2 is 2.47 bits per heavy atom. The number of rotatable bonds is 4. The van der Waals surface area contributed by atoms with Crippen LogP contribution in [-0.4, -0.2) is 52.0 Å². The highest BCUT2D eigenvalue weighted by atomic mass is 16.6. The first-order valence-electron chi connectivity index (χ1n) is 5.04. The van der Waals surface area contributed by atoms with E-state index in [1.807, 2.05) is 0 Å². The molecule has 0 spiro atoms. The summed E-state index contributed by atoms with van der Waals surface area (Å²) >= 11 is 0. The highest BCUT2D eigenvalue weighted by Crippen LogP contribution is 2.40. The van der Waals surface area contributed by atoms with Crippen molar-refractivity contribution in [2.24, 2.45) is 0 Å². The van der Waals surface area contributed by atoms with Crippen LogP contribution in [0.4, 0.5) is 0 Å². The van der Waals surface area contributed by atoms with Gasteiger partial charge < -0.3 is 18.9 Å². The second-order valence-corrected chi connectivity index (χ2v) is 3.89. The third-order valence-electron chi connectivity index (χ3n) is 2.98. The number of fused-ring (bicyclic) bond motifs is 2. The molecule has 2 aliphatic heterocycles. The Morgan fingerprint density at radius 3 is 3.13 bits per heavy atom. The van der Waals surface area contributed by atoms with Gasteiger partial charge in [0, 0.05) is 19.5 Å². The van der Waals surface area contributed by atoms with E-state index in [9.17, 15) is 0 Å². The van der Waals surface area contributed by atoms with Gasteiger partial charge in [-0.15, -0.1) is 0 Å². The highest BCUT2D eigenvalue weighted by Gasteiger charge is 2.57. The van der Waals surface area contributed by atoms with Crippen LogP contribution in [0.2, 0.25) is 0 Å². The maximum Gasteiger partial charge on any atom is 0.157 e. The van der Waals surface area contributed by atoms with Crippen molar-refractivity contribution in [2.75, 3.05) is 20.3 Å². The van der Waals surface area contributed by atoms with Crippen molar-refractivity contribution < 1.29 is 18.9 Å². The van der Waals surface area contributed by atoms with Crippen LogP contribution in [-0.2, 0) is 18.9 Å². The lowest BCUT2D eigenvalue weighted by molar-refractivity contribution is -0.146. The fraction of sp³-hybridized carbons (Fsp3) is 0.800. The van der Waals surface area contributed by atoms with Crippen LogP contribution in [0.3, 0.4) is 0 Å². The van der Waals surface area contributed by atoms with E-state index in [0.717, 1.165) is 6.42 Å². The lowest BCUT2D eigenvalue weighted by atomic mass is 9.86. The van der Waals surface area contributed by atoms with Gasteiger partial charge in [-0.3, -0.25) is 0 Å². The maximum atomic E-state index is 5.84. The molecule has 5 heteroatoms. The summed E-state index contributed by atoms with van der Waals surface area (Å²) in [4.78, 5) is 0. The molecule has 0 aromatic heterocycles. The molecule has 2 saturated heterocycles. The molecule has 2 bridgehead atoms. The first kappa shape index (κ1) is 11.0. The molecular weight excluding hydrogens is 195 g/mol. The zero-order chi connectivity index (χ0) is 10.9. The first-order valence-corrected chi connectivity index (χ1v) is 5.04. The van der Waals surface area contributed by atoms with Gasteiger partial charge in [0.1, 0.15) is 19.6 Å². The monoisotopic (exact) mass is 210 g/mol. The van der Waals surface area contributed by atoms with Gasteiger partial charge in [0.15, 0.2) is 6.10 Å². The second kappa shape index (κ2) is 4.16. The molecule has 0 aromatic rings. The topological polar surface area (TPSA) is 36.9 Å². The highest BCUT2D eigenvalue weighted by molar-refractivity contribution is 6.11. The zero-order valence-electron chi connectivity index (χ0n) is 8.85. The van der Waals surface area contributed by atoms with Gasteiger partial charge in [-0.1, -0.05) is 6.58 Å². The molecule has 0 N–H and O–H groups in total. The average Bonchev–Trinajstić information content (AvgIpc) is 2.36. The van der Waals surface area contributed by atoms with Crippen LogP contribution in [0.25, 0.3) is 0 Å². The number of hydrogen-bond acceptors (Lipinski definition) is 4. The van der Waals surface area contributed by atoms with Gasteiger partial charge in [-0.2, -0.15) is 0 Å². The van der Waals surface area contributed by atoms with Crippen molar-refractivity contribution in [2.45, 2.75) is 30.2 Å². The summed E-state index contributed by atoms with van der Waals surface area (Å²) in [6.07, 6.45) is 1.67. The SMILES string of the molecule is [B]C1OC2(COC)CCOC1C2OC=C. The van der Waals surface area contributed by atoms with E-state index in [4.69, 9.17) is 26.8 Å². The Balaban J connectivity index is 2.21. The Hall–Kier alpha value is -0.515. The fourth-order valence-corrected chi connectivity index (χ4v) is 2.37. The molecule has 4 nitrogen and oxygen atoms in total. The summed E-state index contributed by atoms with van der Waals surface area (Å²) in [6.45, 7) is 4.63. The summed E-state index contributed by atoms with van der Waals surface area (Å²) in [7, 11) is 7.48. The van der Waals surface area contributed by atoms with E-state index in [-0.39, 0.29) is 12.2 Å². The first-order chi connectivity index (χ1) is 7.23. The van der Waals surface area contributed by atoms with Crippen LogP contribution in [0.15, 0.2) is 12.8 Å². The van der Waals surface area contributed by atoms with E-state index in [0.29, 0.717) is 13.2 Å². The third-order valence-corrected chi connectivity index (χ3v) is 2.98. The molecule has 4 atom stereocenters. The lowest BCUT2D eigenvalue weighted by Gasteiger charge is -2.37. The second-order valence-electron chi connectivity index (χ2n) is 3.89. The zero-order valence-corrected chi connectivity index (χ0v) is 8.85. The summed E-state index contributed by atoms with van der Waals surface area (Å²) in [6, 6.07) is -0.451. The molecule has 0 aliphatic carbocycles. The molecular formula is C10H15BO4. The van der Waals surface area contributed by atoms with Crippen LogP contribution >= 0.6 is 0 Å². The van der Waals surface area contributed by atoms with E-state index in [1.54, 1.807) is 7.11 Å². The quantitative estimate of drug-likeness (QED) is 0.491. The van der Waals surface area contributed by atoms with Crippen LogP contribution in [0, 0.1) is 0 Å². The maximum absolute atomic E-state index is 5.84. The standard InChI is InChI=1S/C10H15BO4/c1-3-13-8-7-9(11)15-10(8,6-12-2)4-5-14-7/h3,7-9H,1,4-6H2,2H3. The van der Waals surface area contributed by atoms with Gasteiger partial charge in [0.25, 0.3) is 0 Å². The third kappa shape index (κ3) is 1.69. The number of ether oxygens (including phenoxy) is 4. The van der Waals surface area contributed by atoms with Crippen molar-refractivity contribution in [1.82, 2.24) is 0 Å². The van der Waals surface area contributed by atoms with Crippen molar-refractivity contribution in [3.05, 3.63) is 12.8 Å². The van der Waals surface area contributed by atoms with Gasteiger partial charge >= 0.3 is 0 Å². The lowest BCUT2D eigenvalue weighted by Crippen LogP contribution is -2.52. The van der Waals surface area contributed by atoms with E-state index in [1.165, 1.54) is 6.26 Å². The largest absolute Gasteiger partial charge is 0.493 e. The Kier molecular flexibility index (Phi) is 3.04. The average molecular weight is 210 g/mol. The van der Waals surface area contributed by atoms with E-state index < -0.39 is 11.6 Å². The summed E-state index contributed by atoms with van der Waals surface area (Å²) in [5.41, 5.74) is -0.481. The minimum absolute atomic E-state index is 0.223. The van der Waals surface area contributed by atoms with Gasteiger partial charge in [0.05, 0.1) is 19.5 Å². The molecule has 2 heterocycles. The Bertz CT molecular complexity index is 244. The minimum atomic E-state index is -0.481. The molecule has 0 aromatic carbocycles. The van der Waals surface area contributed by atoms with Crippen molar-refractivity contribution in [3.8, 4) is 0 Å². The van der Waals surface area contributed by atoms with E-state index in [2.05, 4.69) is 6.58 Å². The summed E-state index contributed by atoms with van der Waals surface area (Å²) < 4.78 is 21.9.